The molecule has 6 nitrogen and oxygen atoms in total. The number of benzene rings is 2. The number of esters is 1. The van der Waals surface area contributed by atoms with Gasteiger partial charge in [-0.3, -0.25) is 4.72 Å². The van der Waals surface area contributed by atoms with E-state index < -0.39 is 16.0 Å². The van der Waals surface area contributed by atoms with Crippen LogP contribution in [0.2, 0.25) is 0 Å². The minimum absolute atomic E-state index is 0.108. The fourth-order valence-corrected chi connectivity index (χ4v) is 2.81. The molecule has 0 aromatic heterocycles. The normalized spacial score (nSPS) is 11.0. The van der Waals surface area contributed by atoms with Crippen molar-refractivity contribution in [2.75, 3.05) is 17.1 Å². The molecule has 0 aliphatic carbocycles. The van der Waals surface area contributed by atoms with Crippen LogP contribution in [0.25, 0.3) is 0 Å². The third-order valence-electron chi connectivity index (χ3n) is 2.84. The lowest BCUT2D eigenvalue weighted by molar-refractivity contribution is 0.0526. The first-order valence-electron chi connectivity index (χ1n) is 6.58. The van der Waals surface area contributed by atoms with Gasteiger partial charge in [-0.2, -0.15) is 0 Å². The Morgan fingerprint density at radius 2 is 1.68 bits per heavy atom. The molecule has 0 spiro atoms. The van der Waals surface area contributed by atoms with Crippen LogP contribution in [0, 0.1) is 0 Å². The van der Waals surface area contributed by atoms with Crippen molar-refractivity contribution in [3.8, 4) is 0 Å². The number of carbonyl (C=O) groups is 1. The maximum atomic E-state index is 12.2. The average Bonchev–Trinajstić information content (AvgIpc) is 2.48. The highest BCUT2D eigenvalue weighted by Gasteiger charge is 2.14. The van der Waals surface area contributed by atoms with Crippen molar-refractivity contribution < 1.29 is 17.9 Å². The molecule has 0 fully saturated rings. The second kappa shape index (κ2) is 6.48. The SMILES string of the molecule is CCOC(=O)c1ccc(NS(=O)(=O)c2ccc(N)cc2)cc1. The van der Waals surface area contributed by atoms with Gasteiger partial charge in [0.1, 0.15) is 0 Å². The Labute approximate surface area is 129 Å². The molecule has 2 aromatic carbocycles. The Morgan fingerprint density at radius 3 is 2.23 bits per heavy atom. The van der Waals surface area contributed by atoms with Crippen LogP contribution >= 0.6 is 0 Å². The minimum atomic E-state index is -3.70. The van der Waals surface area contributed by atoms with Crippen LogP contribution in [0.5, 0.6) is 0 Å². The first kappa shape index (κ1) is 15.8. The van der Waals surface area contributed by atoms with Crippen molar-refractivity contribution in [2.24, 2.45) is 0 Å². The van der Waals surface area contributed by atoms with E-state index in [4.69, 9.17) is 10.5 Å². The lowest BCUT2D eigenvalue weighted by atomic mass is 10.2. The Morgan fingerprint density at radius 1 is 1.09 bits per heavy atom. The van der Waals surface area contributed by atoms with Crippen LogP contribution < -0.4 is 10.5 Å². The number of ether oxygens (including phenoxy) is 1. The molecular weight excluding hydrogens is 304 g/mol. The molecule has 0 unspecified atom stereocenters. The predicted molar refractivity (Wildman–Crippen MR) is 84.1 cm³/mol. The Bertz CT molecular complexity index is 753. The summed E-state index contributed by atoms with van der Waals surface area (Å²) in [6, 6.07) is 11.9. The highest BCUT2D eigenvalue weighted by molar-refractivity contribution is 7.92. The summed E-state index contributed by atoms with van der Waals surface area (Å²) in [6.45, 7) is 2.00. The summed E-state index contributed by atoms with van der Waals surface area (Å²) >= 11 is 0. The van der Waals surface area contributed by atoms with Crippen molar-refractivity contribution in [2.45, 2.75) is 11.8 Å². The first-order chi connectivity index (χ1) is 10.4. The van der Waals surface area contributed by atoms with Crippen LogP contribution in [0.1, 0.15) is 17.3 Å². The van der Waals surface area contributed by atoms with Crippen LogP contribution in [0.3, 0.4) is 0 Å². The summed E-state index contributed by atoms with van der Waals surface area (Å²) in [5, 5.41) is 0. The van der Waals surface area contributed by atoms with E-state index in [0.29, 0.717) is 16.9 Å². The fraction of sp³-hybridized carbons (Fsp3) is 0.133. The van der Waals surface area contributed by atoms with Gasteiger partial charge < -0.3 is 10.5 Å². The maximum Gasteiger partial charge on any atom is 0.338 e. The molecule has 0 atom stereocenters. The van der Waals surface area contributed by atoms with Crippen LogP contribution in [-0.4, -0.2) is 21.0 Å². The molecule has 7 heteroatoms. The molecule has 22 heavy (non-hydrogen) atoms. The summed E-state index contributed by atoms with van der Waals surface area (Å²) in [6.07, 6.45) is 0. The lowest BCUT2D eigenvalue weighted by Crippen LogP contribution is -2.13. The number of rotatable bonds is 5. The van der Waals surface area contributed by atoms with Crippen molar-refractivity contribution >= 4 is 27.4 Å². The lowest BCUT2D eigenvalue weighted by Gasteiger charge is -2.09. The molecule has 0 radical (unpaired) electrons. The monoisotopic (exact) mass is 320 g/mol. The topological polar surface area (TPSA) is 98.5 Å². The highest BCUT2D eigenvalue weighted by Crippen LogP contribution is 2.18. The van der Waals surface area contributed by atoms with Crippen molar-refractivity contribution in [3.63, 3.8) is 0 Å². The summed E-state index contributed by atoms with van der Waals surface area (Å²) < 4.78 is 31.7. The Balaban J connectivity index is 2.16. The van der Waals surface area contributed by atoms with Crippen LogP contribution in [0.15, 0.2) is 53.4 Å². The van der Waals surface area contributed by atoms with E-state index >= 15 is 0 Å². The molecule has 0 bridgehead atoms. The van der Waals surface area contributed by atoms with Gasteiger partial charge >= 0.3 is 5.97 Å². The van der Waals surface area contributed by atoms with Gasteiger partial charge in [0.25, 0.3) is 10.0 Å². The van der Waals surface area contributed by atoms with Gasteiger partial charge in [0.15, 0.2) is 0 Å². The third kappa shape index (κ3) is 3.76. The van der Waals surface area contributed by atoms with E-state index in [0.717, 1.165) is 0 Å². The van der Waals surface area contributed by atoms with E-state index in [1.807, 2.05) is 0 Å². The Kier molecular flexibility index (Phi) is 4.67. The standard InChI is InChI=1S/C15H16N2O4S/c1-2-21-15(18)11-3-7-13(8-4-11)17-22(19,20)14-9-5-12(16)6-10-14/h3-10,17H,2,16H2,1H3. The minimum Gasteiger partial charge on any atom is -0.462 e. The van der Waals surface area contributed by atoms with Gasteiger partial charge in [0, 0.05) is 11.4 Å². The zero-order valence-corrected chi connectivity index (χ0v) is 12.8. The maximum absolute atomic E-state index is 12.2. The van der Waals surface area contributed by atoms with Crippen LogP contribution in [0.4, 0.5) is 11.4 Å². The van der Waals surface area contributed by atoms with Gasteiger partial charge in [-0.1, -0.05) is 0 Å². The summed E-state index contributed by atoms with van der Waals surface area (Å²) in [5.41, 5.74) is 6.73. The van der Waals surface area contributed by atoms with Crippen molar-refractivity contribution in [1.82, 2.24) is 0 Å². The molecule has 0 heterocycles. The van der Waals surface area contributed by atoms with Gasteiger partial charge in [-0.05, 0) is 55.5 Å². The van der Waals surface area contributed by atoms with Gasteiger partial charge in [-0.25, -0.2) is 13.2 Å². The molecule has 116 valence electrons. The zero-order chi connectivity index (χ0) is 16.2. The van der Waals surface area contributed by atoms with Gasteiger partial charge in [-0.15, -0.1) is 0 Å². The molecule has 0 saturated heterocycles. The number of hydrogen-bond acceptors (Lipinski definition) is 5. The molecule has 0 saturated carbocycles. The van der Waals surface area contributed by atoms with E-state index in [9.17, 15) is 13.2 Å². The number of anilines is 2. The summed E-state index contributed by atoms with van der Waals surface area (Å²) in [5.74, 6) is -0.449. The summed E-state index contributed by atoms with van der Waals surface area (Å²) in [7, 11) is -3.70. The van der Waals surface area contributed by atoms with E-state index in [2.05, 4.69) is 4.72 Å². The van der Waals surface area contributed by atoms with Gasteiger partial charge in [0.05, 0.1) is 17.1 Å². The molecule has 2 rings (SSSR count). The van der Waals surface area contributed by atoms with Crippen LogP contribution in [-0.2, 0) is 14.8 Å². The van der Waals surface area contributed by atoms with E-state index in [-0.39, 0.29) is 11.5 Å². The molecular formula is C15H16N2O4S. The molecule has 0 aliphatic heterocycles. The second-order valence-corrected chi connectivity index (χ2v) is 6.15. The molecule has 2 aromatic rings. The predicted octanol–water partition coefficient (Wildman–Crippen LogP) is 2.25. The smallest absolute Gasteiger partial charge is 0.338 e. The number of sulfonamides is 1. The quantitative estimate of drug-likeness (QED) is 0.650. The van der Waals surface area contributed by atoms with Crippen molar-refractivity contribution in [3.05, 3.63) is 54.1 Å². The van der Waals surface area contributed by atoms with Crippen molar-refractivity contribution in [1.29, 1.82) is 0 Å². The van der Waals surface area contributed by atoms with E-state index in [1.54, 1.807) is 6.92 Å². The number of nitrogens with two attached hydrogens (primary N) is 1. The average molecular weight is 320 g/mol. The number of nitrogens with one attached hydrogen (secondary N) is 1. The molecule has 3 N–H and O–H groups in total. The third-order valence-corrected chi connectivity index (χ3v) is 4.24. The summed E-state index contributed by atoms with van der Waals surface area (Å²) in [4.78, 5) is 11.6. The largest absolute Gasteiger partial charge is 0.462 e. The van der Waals surface area contributed by atoms with Gasteiger partial charge in [0.2, 0.25) is 0 Å². The van der Waals surface area contributed by atoms with E-state index in [1.165, 1.54) is 48.5 Å². The number of nitrogen functional groups attached to an aromatic ring is 1. The highest BCUT2D eigenvalue weighted by atomic mass is 32.2. The zero-order valence-electron chi connectivity index (χ0n) is 11.9. The molecule has 0 aliphatic rings. The fourth-order valence-electron chi connectivity index (χ4n) is 1.75. The first-order valence-corrected chi connectivity index (χ1v) is 8.06. The second-order valence-electron chi connectivity index (χ2n) is 4.47. The molecule has 0 amide bonds. The Hall–Kier alpha value is -2.54. The number of hydrogen-bond donors (Lipinski definition) is 2. The number of carbonyl (C=O) groups excluding carboxylic acids is 1.